The number of rotatable bonds is 8. The van der Waals surface area contributed by atoms with E-state index in [9.17, 15) is 8.42 Å². The fourth-order valence-corrected chi connectivity index (χ4v) is 5.23. The Morgan fingerprint density at radius 2 is 1.76 bits per heavy atom. The Labute approximate surface area is 196 Å². The summed E-state index contributed by atoms with van der Waals surface area (Å²) in [7, 11) is 3.28. The minimum atomic E-state index is -3.45. The van der Waals surface area contributed by atoms with Crippen LogP contribution in [0.3, 0.4) is 0 Å². The van der Waals surface area contributed by atoms with E-state index in [1.807, 2.05) is 31.4 Å². The van der Waals surface area contributed by atoms with Crippen LogP contribution in [0.5, 0.6) is 0 Å². The summed E-state index contributed by atoms with van der Waals surface area (Å²) in [4.78, 5) is 11.9. The summed E-state index contributed by atoms with van der Waals surface area (Å²) >= 11 is 0. The lowest BCUT2D eigenvalue weighted by Crippen LogP contribution is -2.50. The van der Waals surface area contributed by atoms with E-state index >= 15 is 0 Å². The molecule has 4 rings (SSSR count). The Balaban J connectivity index is 1.61. The second-order valence-corrected chi connectivity index (χ2v) is 11.1. The van der Waals surface area contributed by atoms with Gasteiger partial charge < -0.3 is 5.32 Å². The molecule has 1 N–H and O–H groups in total. The van der Waals surface area contributed by atoms with Crippen molar-refractivity contribution in [2.24, 2.45) is 0 Å². The minimum Gasteiger partial charge on any atom is -0.314 e. The fraction of sp³-hybridized carbons (Fsp3) is 0.417. The zero-order valence-corrected chi connectivity index (χ0v) is 20.5. The monoisotopic (exact) mass is 468 g/mol. The average molecular weight is 469 g/mol. The van der Waals surface area contributed by atoms with Gasteiger partial charge >= 0.3 is 0 Å². The van der Waals surface area contributed by atoms with Gasteiger partial charge in [0.15, 0.2) is 5.82 Å². The molecule has 1 aliphatic heterocycles. The third kappa shape index (κ3) is 4.64. The lowest BCUT2D eigenvalue weighted by molar-refractivity contribution is 0.122. The third-order valence-corrected chi connectivity index (χ3v) is 8.48. The van der Waals surface area contributed by atoms with Crippen LogP contribution in [0.15, 0.2) is 54.7 Å². The Morgan fingerprint density at radius 3 is 2.45 bits per heavy atom. The molecule has 0 aliphatic carbocycles. The van der Waals surface area contributed by atoms with Crippen LogP contribution >= 0.6 is 0 Å². The second kappa shape index (κ2) is 9.44. The molecule has 33 heavy (non-hydrogen) atoms. The average Bonchev–Trinajstić information content (AvgIpc) is 3.33. The quantitative estimate of drug-likeness (QED) is 0.546. The lowest BCUT2D eigenvalue weighted by atomic mass is 9.94. The van der Waals surface area contributed by atoms with Crippen molar-refractivity contribution in [1.82, 2.24) is 28.8 Å². The molecule has 3 aromatic rings. The van der Waals surface area contributed by atoms with Crippen LogP contribution in [0.2, 0.25) is 0 Å². The van der Waals surface area contributed by atoms with Crippen molar-refractivity contribution in [2.75, 3.05) is 54.4 Å². The van der Waals surface area contributed by atoms with Crippen LogP contribution in [0.4, 0.5) is 0 Å². The predicted octanol–water partition coefficient (Wildman–Crippen LogP) is 2.16. The molecule has 176 valence electrons. The van der Waals surface area contributed by atoms with E-state index in [0.29, 0.717) is 13.1 Å². The Bertz CT molecular complexity index is 1220. The summed E-state index contributed by atoms with van der Waals surface area (Å²) < 4.78 is 27.4. The Hall–Kier alpha value is -2.43. The first kappa shape index (κ1) is 23.7. The highest BCUT2D eigenvalue weighted by atomic mass is 32.2. The second-order valence-electron chi connectivity index (χ2n) is 8.82. The van der Waals surface area contributed by atoms with Crippen LogP contribution in [-0.4, -0.2) is 86.3 Å². The number of nitrogens with zero attached hydrogens (tertiary/aromatic N) is 5. The highest BCUT2D eigenvalue weighted by Gasteiger charge is 2.42. The normalized spacial score (nSPS) is 19.2. The zero-order chi connectivity index (χ0) is 23.6. The van der Waals surface area contributed by atoms with E-state index in [2.05, 4.69) is 45.5 Å². The van der Waals surface area contributed by atoms with Crippen molar-refractivity contribution in [3.63, 3.8) is 0 Å². The van der Waals surface area contributed by atoms with Crippen molar-refractivity contribution < 1.29 is 8.42 Å². The fourth-order valence-electron chi connectivity index (χ4n) is 4.36. The van der Waals surface area contributed by atoms with Gasteiger partial charge in [-0.2, -0.15) is 17.0 Å². The van der Waals surface area contributed by atoms with Crippen molar-refractivity contribution in [1.29, 1.82) is 0 Å². The van der Waals surface area contributed by atoms with Crippen molar-refractivity contribution in [3.8, 4) is 11.3 Å². The molecule has 1 aromatic heterocycles. The standard InChI is InChI=1S/C24H32N6O2S/c1-28(2)33(31,32)30(4)16-15-29(3)24(12-14-25-18-24)23-26-13-11-22(27-23)21-10-9-19-7-5-6-8-20(19)17-21/h5-11,13,17,25H,12,14-16,18H2,1-4H3/t24-/m1/s1. The molecule has 9 heteroatoms. The number of hydrogen-bond donors (Lipinski definition) is 1. The van der Waals surface area contributed by atoms with E-state index in [0.717, 1.165) is 36.6 Å². The summed E-state index contributed by atoms with van der Waals surface area (Å²) in [6.45, 7) is 2.52. The molecular weight excluding hydrogens is 436 g/mol. The maximum absolute atomic E-state index is 12.4. The van der Waals surface area contributed by atoms with Gasteiger partial charge in [0.1, 0.15) is 0 Å². The molecule has 1 atom stereocenters. The highest BCUT2D eigenvalue weighted by molar-refractivity contribution is 7.86. The smallest absolute Gasteiger partial charge is 0.281 e. The number of fused-ring (bicyclic) bond motifs is 1. The van der Waals surface area contributed by atoms with Gasteiger partial charge in [0.25, 0.3) is 10.2 Å². The molecule has 0 amide bonds. The van der Waals surface area contributed by atoms with Gasteiger partial charge in [0.2, 0.25) is 0 Å². The van der Waals surface area contributed by atoms with Crippen molar-refractivity contribution >= 4 is 21.0 Å². The third-order valence-electron chi connectivity index (χ3n) is 6.59. The van der Waals surface area contributed by atoms with E-state index in [-0.39, 0.29) is 0 Å². The SMILES string of the molecule is CN(CCN(C)S(=O)(=O)N(C)C)[C@]1(c2nccc(-c3ccc4ccccc4c3)n2)CCNC1. The van der Waals surface area contributed by atoms with Gasteiger partial charge in [0.05, 0.1) is 11.2 Å². The van der Waals surface area contributed by atoms with Crippen LogP contribution < -0.4 is 5.32 Å². The van der Waals surface area contributed by atoms with Gasteiger partial charge in [0, 0.05) is 52.5 Å². The first-order chi connectivity index (χ1) is 15.7. The minimum absolute atomic E-state index is 0.378. The number of likely N-dealkylation sites (N-methyl/N-ethyl adjacent to an activating group) is 2. The molecule has 0 unspecified atom stereocenters. The van der Waals surface area contributed by atoms with E-state index in [1.165, 1.54) is 19.4 Å². The number of aromatic nitrogens is 2. The largest absolute Gasteiger partial charge is 0.314 e. The topological polar surface area (TPSA) is 81.7 Å². The van der Waals surface area contributed by atoms with Gasteiger partial charge in [-0.1, -0.05) is 36.4 Å². The maximum atomic E-state index is 12.4. The summed E-state index contributed by atoms with van der Waals surface area (Å²) in [6, 6.07) is 16.6. The first-order valence-corrected chi connectivity index (χ1v) is 12.5. The number of nitrogens with one attached hydrogen (secondary N) is 1. The van der Waals surface area contributed by atoms with Crippen molar-refractivity contribution in [3.05, 3.63) is 60.6 Å². The molecule has 1 aliphatic rings. The molecule has 1 saturated heterocycles. The molecule has 1 fully saturated rings. The van der Waals surface area contributed by atoms with Crippen LogP contribution in [0, 0.1) is 0 Å². The number of hydrogen-bond acceptors (Lipinski definition) is 6. The Morgan fingerprint density at radius 1 is 1.00 bits per heavy atom. The van der Waals surface area contributed by atoms with Gasteiger partial charge in [-0.3, -0.25) is 4.90 Å². The summed E-state index contributed by atoms with van der Waals surface area (Å²) in [5, 5.41) is 5.82. The van der Waals surface area contributed by atoms with Gasteiger partial charge in [-0.15, -0.1) is 0 Å². The highest BCUT2D eigenvalue weighted by Crippen LogP contribution is 2.33. The van der Waals surface area contributed by atoms with Crippen LogP contribution in [0.25, 0.3) is 22.0 Å². The van der Waals surface area contributed by atoms with Crippen molar-refractivity contribution in [2.45, 2.75) is 12.0 Å². The Kier molecular flexibility index (Phi) is 6.78. The van der Waals surface area contributed by atoms with E-state index in [4.69, 9.17) is 4.98 Å². The number of benzene rings is 2. The van der Waals surface area contributed by atoms with Gasteiger partial charge in [-0.25, -0.2) is 9.97 Å². The molecule has 2 aromatic carbocycles. The lowest BCUT2D eigenvalue weighted by Gasteiger charge is -2.37. The van der Waals surface area contributed by atoms with E-state index in [1.54, 1.807) is 21.1 Å². The van der Waals surface area contributed by atoms with Gasteiger partial charge in [-0.05, 0) is 42.9 Å². The zero-order valence-electron chi connectivity index (χ0n) is 19.7. The molecule has 8 nitrogen and oxygen atoms in total. The molecule has 0 radical (unpaired) electrons. The molecule has 2 heterocycles. The summed E-state index contributed by atoms with van der Waals surface area (Å²) in [6.07, 6.45) is 2.68. The molecule has 0 saturated carbocycles. The molecule has 0 spiro atoms. The molecular formula is C24H32N6O2S. The molecule has 0 bridgehead atoms. The predicted molar refractivity (Wildman–Crippen MR) is 132 cm³/mol. The van der Waals surface area contributed by atoms with Crippen LogP contribution in [0.1, 0.15) is 12.2 Å². The van der Waals surface area contributed by atoms with E-state index < -0.39 is 15.7 Å². The summed E-state index contributed by atoms with van der Waals surface area (Å²) in [5.41, 5.74) is 1.55. The first-order valence-electron chi connectivity index (χ1n) is 11.1. The maximum Gasteiger partial charge on any atom is 0.281 e. The summed E-state index contributed by atoms with van der Waals surface area (Å²) in [5.74, 6) is 0.763. The van der Waals surface area contributed by atoms with Crippen LogP contribution in [-0.2, 0) is 15.7 Å².